The molecule has 2 atom stereocenters. The molecule has 5 rings (SSSR count). The van der Waals surface area contributed by atoms with Gasteiger partial charge in [-0.2, -0.15) is 0 Å². The number of nitrogens with one attached hydrogen (secondary N) is 2. The lowest BCUT2D eigenvalue weighted by Crippen LogP contribution is -2.34. The van der Waals surface area contributed by atoms with Crippen LogP contribution in [-0.4, -0.2) is 24.7 Å². The van der Waals surface area contributed by atoms with Crippen molar-refractivity contribution in [2.45, 2.75) is 25.0 Å². The number of ether oxygens (including phenoxy) is 1. The van der Waals surface area contributed by atoms with E-state index in [1.807, 2.05) is 12.1 Å². The Labute approximate surface area is 180 Å². The van der Waals surface area contributed by atoms with Crippen molar-refractivity contribution in [1.82, 2.24) is 15.6 Å². The van der Waals surface area contributed by atoms with Gasteiger partial charge in [0, 0.05) is 29.8 Å². The van der Waals surface area contributed by atoms with Gasteiger partial charge in [-0.15, -0.1) is 11.3 Å². The van der Waals surface area contributed by atoms with E-state index in [0.717, 1.165) is 41.3 Å². The Morgan fingerprint density at radius 2 is 1.80 bits per heavy atom. The fraction of sp³-hybridized carbons (Fsp3) is 0.240. The van der Waals surface area contributed by atoms with Gasteiger partial charge in [0.2, 0.25) is 0 Å². The van der Waals surface area contributed by atoms with Crippen LogP contribution < -0.4 is 15.4 Å². The molecule has 2 heterocycles. The third-order valence-corrected chi connectivity index (χ3v) is 6.96. The first kappa shape index (κ1) is 19.2. The van der Waals surface area contributed by atoms with Gasteiger partial charge in [-0.3, -0.25) is 0 Å². The second-order valence-electron chi connectivity index (χ2n) is 7.60. The van der Waals surface area contributed by atoms with Crippen LogP contribution in [0.15, 0.2) is 72.8 Å². The number of fused-ring (bicyclic) bond motifs is 1. The van der Waals surface area contributed by atoms with Crippen LogP contribution in [0.1, 0.15) is 23.6 Å². The van der Waals surface area contributed by atoms with Gasteiger partial charge in [-0.25, -0.2) is 4.98 Å². The monoisotopic (exact) mass is 415 g/mol. The van der Waals surface area contributed by atoms with Gasteiger partial charge in [0.1, 0.15) is 10.8 Å². The third kappa shape index (κ3) is 3.72. The molecule has 4 aromatic rings. The molecule has 1 fully saturated rings. The van der Waals surface area contributed by atoms with E-state index in [2.05, 4.69) is 71.3 Å². The van der Waals surface area contributed by atoms with Gasteiger partial charge in [-0.1, -0.05) is 60.7 Å². The molecule has 0 spiro atoms. The van der Waals surface area contributed by atoms with Crippen molar-refractivity contribution < 1.29 is 4.74 Å². The van der Waals surface area contributed by atoms with Crippen LogP contribution in [-0.2, 0) is 6.54 Å². The Hall–Kier alpha value is -2.73. The van der Waals surface area contributed by atoms with Gasteiger partial charge in [0.25, 0.3) is 0 Å². The van der Waals surface area contributed by atoms with Crippen LogP contribution in [0.2, 0.25) is 0 Å². The summed E-state index contributed by atoms with van der Waals surface area (Å²) < 4.78 is 6.92. The van der Waals surface area contributed by atoms with E-state index in [1.165, 1.54) is 15.8 Å². The van der Waals surface area contributed by atoms with Crippen LogP contribution in [0.3, 0.4) is 0 Å². The number of hydrogen-bond acceptors (Lipinski definition) is 5. The average Bonchev–Trinajstić information content (AvgIpc) is 3.46. The minimum atomic E-state index is 0.331. The lowest BCUT2D eigenvalue weighted by Gasteiger charge is -2.22. The summed E-state index contributed by atoms with van der Waals surface area (Å²) in [5.41, 5.74) is 4.71. The molecule has 1 saturated heterocycles. The Bertz CT molecular complexity index is 1130. The smallest absolute Gasteiger partial charge is 0.124 e. The van der Waals surface area contributed by atoms with Crippen LogP contribution in [0.4, 0.5) is 0 Å². The second kappa shape index (κ2) is 8.56. The van der Waals surface area contributed by atoms with Crippen molar-refractivity contribution in [2.75, 3.05) is 13.7 Å². The Morgan fingerprint density at radius 3 is 2.57 bits per heavy atom. The quantitative estimate of drug-likeness (QED) is 0.456. The van der Waals surface area contributed by atoms with Crippen molar-refractivity contribution >= 4 is 21.6 Å². The standard InChI is InChI=1S/C25H25N3OS/c1-29-22-13-12-21-24(30-25(28-21)18-10-6-3-7-11-18)19(22)16-27-20-14-15-26-23(20)17-8-4-2-5-9-17/h2-13,20,23,26-27H,14-16H2,1H3/t20-,23-/m0/s1. The molecule has 1 aliphatic heterocycles. The number of methoxy groups -OCH3 is 1. The van der Waals surface area contributed by atoms with Crippen molar-refractivity contribution in [3.05, 3.63) is 83.9 Å². The molecule has 5 heteroatoms. The summed E-state index contributed by atoms with van der Waals surface area (Å²) in [4.78, 5) is 4.88. The molecule has 0 radical (unpaired) electrons. The van der Waals surface area contributed by atoms with Gasteiger partial charge in [0.15, 0.2) is 0 Å². The summed E-state index contributed by atoms with van der Waals surface area (Å²) >= 11 is 1.74. The number of rotatable bonds is 6. The summed E-state index contributed by atoms with van der Waals surface area (Å²) in [5, 5.41) is 8.49. The molecule has 3 aromatic carbocycles. The Balaban J connectivity index is 1.44. The zero-order valence-corrected chi connectivity index (χ0v) is 17.8. The summed E-state index contributed by atoms with van der Waals surface area (Å²) in [6.07, 6.45) is 1.11. The summed E-state index contributed by atoms with van der Waals surface area (Å²) in [7, 11) is 1.74. The first-order valence-electron chi connectivity index (χ1n) is 10.4. The van der Waals surface area contributed by atoms with E-state index in [1.54, 1.807) is 18.4 Å². The Morgan fingerprint density at radius 1 is 1.03 bits per heavy atom. The van der Waals surface area contributed by atoms with Crippen molar-refractivity contribution in [1.29, 1.82) is 0 Å². The molecule has 0 unspecified atom stereocenters. The maximum absolute atomic E-state index is 5.72. The van der Waals surface area contributed by atoms with Crippen LogP contribution in [0, 0.1) is 0 Å². The first-order chi connectivity index (χ1) is 14.8. The van der Waals surface area contributed by atoms with Crippen molar-refractivity contribution in [3.8, 4) is 16.3 Å². The highest BCUT2D eigenvalue weighted by molar-refractivity contribution is 7.21. The molecule has 0 aliphatic carbocycles. The number of aromatic nitrogens is 1. The highest BCUT2D eigenvalue weighted by Crippen LogP contribution is 2.36. The van der Waals surface area contributed by atoms with E-state index in [9.17, 15) is 0 Å². The van der Waals surface area contributed by atoms with Gasteiger partial charge >= 0.3 is 0 Å². The van der Waals surface area contributed by atoms with Crippen molar-refractivity contribution in [3.63, 3.8) is 0 Å². The van der Waals surface area contributed by atoms with Crippen LogP contribution in [0.5, 0.6) is 5.75 Å². The number of thiazole rings is 1. The molecule has 0 saturated carbocycles. The molecule has 152 valence electrons. The fourth-order valence-electron chi connectivity index (χ4n) is 4.26. The van der Waals surface area contributed by atoms with E-state index in [-0.39, 0.29) is 0 Å². The fourth-order valence-corrected chi connectivity index (χ4v) is 5.36. The van der Waals surface area contributed by atoms with E-state index >= 15 is 0 Å². The molecule has 0 bridgehead atoms. The summed E-state index contributed by atoms with van der Waals surface area (Å²) in [6, 6.07) is 25.9. The number of nitrogens with zero attached hydrogens (tertiary/aromatic N) is 1. The second-order valence-corrected chi connectivity index (χ2v) is 8.60. The van der Waals surface area contributed by atoms with Crippen molar-refractivity contribution in [2.24, 2.45) is 0 Å². The highest BCUT2D eigenvalue weighted by Gasteiger charge is 2.28. The predicted molar refractivity (Wildman–Crippen MR) is 124 cm³/mol. The SMILES string of the molecule is COc1ccc2nc(-c3ccccc3)sc2c1CN[C@H]1CCN[C@H]1c1ccccc1. The summed E-state index contributed by atoms with van der Waals surface area (Å²) in [5.74, 6) is 0.917. The molecule has 4 nitrogen and oxygen atoms in total. The lowest BCUT2D eigenvalue weighted by molar-refractivity contribution is 0.403. The van der Waals surface area contributed by atoms with E-state index < -0.39 is 0 Å². The number of hydrogen-bond donors (Lipinski definition) is 2. The van der Waals surface area contributed by atoms with E-state index in [0.29, 0.717) is 12.1 Å². The third-order valence-electron chi connectivity index (χ3n) is 5.78. The minimum Gasteiger partial charge on any atom is -0.496 e. The van der Waals surface area contributed by atoms with Gasteiger partial charge < -0.3 is 15.4 Å². The summed E-state index contributed by atoms with van der Waals surface area (Å²) in [6.45, 7) is 1.78. The maximum atomic E-state index is 5.72. The molecule has 0 amide bonds. The first-order valence-corrected chi connectivity index (χ1v) is 11.2. The topological polar surface area (TPSA) is 46.2 Å². The molecule has 30 heavy (non-hydrogen) atoms. The highest BCUT2D eigenvalue weighted by atomic mass is 32.1. The predicted octanol–water partition coefficient (Wildman–Crippen LogP) is 5.16. The molecule has 2 N–H and O–H groups in total. The average molecular weight is 416 g/mol. The molecular weight excluding hydrogens is 390 g/mol. The van der Waals surface area contributed by atoms with E-state index in [4.69, 9.17) is 9.72 Å². The number of benzene rings is 3. The zero-order valence-electron chi connectivity index (χ0n) is 17.0. The van der Waals surface area contributed by atoms with Crippen LogP contribution in [0.25, 0.3) is 20.8 Å². The Kier molecular flexibility index (Phi) is 5.49. The van der Waals surface area contributed by atoms with Crippen LogP contribution >= 0.6 is 11.3 Å². The molecule has 1 aliphatic rings. The van der Waals surface area contributed by atoms with Gasteiger partial charge in [-0.05, 0) is 30.7 Å². The largest absolute Gasteiger partial charge is 0.496 e. The minimum absolute atomic E-state index is 0.331. The molecule has 1 aromatic heterocycles. The molecular formula is C25H25N3OS. The zero-order chi connectivity index (χ0) is 20.3. The van der Waals surface area contributed by atoms with Gasteiger partial charge in [0.05, 0.1) is 17.3 Å². The maximum Gasteiger partial charge on any atom is 0.124 e. The lowest BCUT2D eigenvalue weighted by atomic mass is 10.0. The normalized spacial score (nSPS) is 18.7.